The van der Waals surface area contributed by atoms with Crippen LogP contribution in [0.2, 0.25) is 0 Å². The molecule has 1 aromatic carbocycles. The highest BCUT2D eigenvalue weighted by molar-refractivity contribution is 8.13. The second-order valence-electron chi connectivity index (χ2n) is 5.18. The van der Waals surface area contributed by atoms with E-state index in [-0.39, 0.29) is 36.5 Å². The Kier molecular flexibility index (Phi) is 4.07. The van der Waals surface area contributed by atoms with Gasteiger partial charge in [0.05, 0.1) is 5.75 Å². The number of aromatic nitrogens is 2. The van der Waals surface area contributed by atoms with Crippen molar-refractivity contribution in [2.75, 3.05) is 17.2 Å². The molecule has 3 rings (SSSR count). The maximum atomic E-state index is 12.9. The molecule has 2 aromatic rings. The standard InChI is InChI=1S/C13H11ClFN3O4S/c14-23(20,21)7-8-5-11(19)18(6-8)13-17-16-12(22-13)9-1-3-10(15)4-2-9/h1-4,8H,5-7H2. The van der Waals surface area contributed by atoms with Crippen molar-refractivity contribution in [3.8, 4) is 11.5 Å². The van der Waals surface area contributed by atoms with Crippen LogP contribution in [0.3, 0.4) is 0 Å². The van der Waals surface area contributed by atoms with Gasteiger partial charge in [-0.25, -0.2) is 12.8 Å². The van der Waals surface area contributed by atoms with E-state index in [9.17, 15) is 17.6 Å². The van der Waals surface area contributed by atoms with E-state index < -0.39 is 20.8 Å². The van der Waals surface area contributed by atoms with Gasteiger partial charge < -0.3 is 4.42 Å². The highest BCUT2D eigenvalue weighted by Gasteiger charge is 2.35. The zero-order valence-electron chi connectivity index (χ0n) is 11.6. The van der Waals surface area contributed by atoms with Crippen molar-refractivity contribution in [3.63, 3.8) is 0 Å². The molecule has 122 valence electrons. The van der Waals surface area contributed by atoms with Crippen molar-refractivity contribution in [2.45, 2.75) is 6.42 Å². The van der Waals surface area contributed by atoms with E-state index in [4.69, 9.17) is 15.1 Å². The van der Waals surface area contributed by atoms with Crippen LogP contribution in [0, 0.1) is 11.7 Å². The largest absolute Gasteiger partial charge is 0.403 e. The summed E-state index contributed by atoms with van der Waals surface area (Å²) in [6.45, 7) is 0.135. The second kappa shape index (κ2) is 5.89. The van der Waals surface area contributed by atoms with Crippen LogP contribution in [0.15, 0.2) is 28.7 Å². The quantitative estimate of drug-likeness (QED) is 0.773. The molecule has 1 aliphatic heterocycles. The van der Waals surface area contributed by atoms with Crippen molar-refractivity contribution >= 4 is 31.7 Å². The summed E-state index contributed by atoms with van der Waals surface area (Å²) in [4.78, 5) is 13.2. The molecule has 1 aliphatic rings. The monoisotopic (exact) mass is 359 g/mol. The van der Waals surface area contributed by atoms with Gasteiger partial charge in [0.2, 0.25) is 20.8 Å². The van der Waals surface area contributed by atoms with E-state index in [0.717, 1.165) is 0 Å². The number of benzene rings is 1. The number of halogens is 2. The van der Waals surface area contributed by atoms with Gasteiger partial charge in [0.15, 0.2) is 0 Å². The number of nitrogens with zero attached hydrogens (tertiary/aromatic N) is 3. The van der Waals surface area contributed by atoms with E-state index in [1.807, 2.05) is 0 Å². The fraction of sp³-hybridized carbons (Fsp3) is 0.308. The number of carbonyl (C=O) groups excluding carboxylic acids is 1. The SMILES string of the molecule is O=C1CC(CS(=O)(=O)Cl)CN1c1nnc(-c2ccc(F)cc2)o1. The van der Waals surface area contributed by atoms with Crippen molar-refractivity contribution in [3.05, 3.63) is 30.1 Å². The van der Waals surface area contributed by atoms with E-state index in [2.05, 4.69) is 10.2 Å². The van der Waals surface area contributed by atoms with Crippen LogP contribution in [0.5, 0.6) is 0 Å². The first kappa shape index (κ1) is 15.9. The summed E-state index contributed by atoms with van der Waals surface area (Å²) in [7, 11) is 1.52. The summed E-state index contributed by atoms with van der Waals surface area (Å²) < 4.78 is 40.5. The molecule has 0 bridgehead atoms. The normalized spacial score (nSPS) is 18.6. The molecule has 2 heterocycles. The molecule has 0 radical (unpaired) electrons. The molecule has 23 heavy (non-hydrogen) atoms. The van der Waals surface area contributed by atoms with Crippen LogP contribution < -0.4 is 4.90 Å². The van der Waals surface area contributed by atoms with Gasteiger partial charge in [-0.15, -0.1) is 5.10 Å². The lowest BCUT2D eigenvalue weighted by molar-refractivity contribution is -0.117. The highest BCUT2D eigenvalue weighted by Crippen LogP contribution is 2.28. The van der Waals surface area contributed by atoms with Gasteiger partial charge in [-0.05, 0) is 24.3 Å². The topological polar surface area (TPSA) is 93.4 Å². The van der Waals surface area contributed by atoms with Gasteiger partial charge in [-0.1, -0.05) is 5.10 Å². The predicted molar refractivity (Wildman–Crippen MR) is 79.8 cm³/mol. The molecule has 7 nitrogen and oxygen atoms in total. The molecule has 1 aromatic heterocycles. The average molecular weight is 360 g/mol. The Balaban J connectivity index is 1.78. The molecule has 1 fully saturated rings. The summed E-state index contributed by atoms with van der Waals surface area (Å²) in [6, 6.07) is 5.43. The Hall–Kier alpha value is -2.00. The smallest absolute Gasteiger partial charge is 0.325 e. The first-order valence-electron chi connectivity index (χ1n) is 6.64. The lowest BCUT2D eigenvalue weighted by Crippen LogP contribution is -2.25. The van der Waals surface area contributed by atoms with Crippen molar-refractivity contribution < 1.29 is 22.0 Å². The van der Waals surface area contributed by atoms with Gasteiger partial charge in [0.1, 0.15) is 5.82 Å². The fourth-order valence-corrected chi connectivity index (χ4v) is 3.71. The van der Waals surface area contributed by atoms with Gasteiger partial charge in [-0.2, -0.15) is 0 Å². The molecule has 1 atom stereocenters. The molecule has 1 unspecified atom stereocenters. The highest BCUT2D eigenvalue weighted by atomic mass is 35.7. The third kappa shape index (κ3) is 3.67. The maximum Gasteiger partial charge on any atom is 0.325 e. The minimum atomic E-state index is -3.69. The maximum absolute atomic E-state index is 12.9. The van der Waals surface area contributed by atoms with Crippen molar-refractivity contribution in [1.82, 2.24) is 10.2 Å². The van der Waals surface area contributed by atoms with E-state index in [0.29, 0.717) is 5.56 Å². The molecule has 1 amide bonds. The zero-order chi connectivity index (χ0) is 16.6. The number of amides is 1. The van der Waals surface area contributed by atoms with Gasteiger partial charge >= 0.3 is 6.01 Å². The summed E-state index contributed by atoms with van der Waals surface area (Å²) >= 11 is 0. The third-order valence-electron chi connectivity index (χ3n) is 3.38. The van der Waals surface area contributed by atoms with Crippen LogP contribution in [-0.2, 0) is 13.8 Å². The van der Waals surface area contributed by atoms with Gasteiger partial charge in [-0.3, -0.25) is 9.69 Å². The van der Waals surface area contributed by atoms with Crippen molar-refractivity contribution in [2.24, 2.45) is 5.92 Å². The predicted octanol–water partition coefficient (Wildman–Crippen LogP) is 1.80. The van der Waals surface area contributed by atoms with Gasteiger partial charge in [0.25, 0.3) is 0 Å². The second-order valence-corrected chi connectivity index (χ2v) is 8.00. The molecule has 0 saturated carbocycles. The molecular formula is C13H11ClFN3O4S. The van der Waals surface area contributed by atoms with Crippen LogP contribution in [0.4, 0.5) is 10.4 Å². The first-order chi connectivity index (χ1) is 10.8. The Morgan fingerprint density at radius 3 is 2.65 bits per heavy atom. The van der Waals surface area contributed by atoms with Crippen LogP contribution in [-0.4, -0.2) is 36.8 Å². The Morgan fingerprint density at radius 2 is 2.00 bits per heavy atom. The number of hydrogen-bond donors (Lipinski definition) is 0. The summed E-state index contributed by atoms with van der Waals surface area (Å²) in [5, 5.41) is 7.61. The lowest BCUT2D eigenvalue weighted by Gasteiger charge is -2.10. The third-order valence-corrected chi connectivity index (χ3v) is 4.62. The number of rotatable bonds is 4. The summed E-state index contributed by atoms with van der Waals surface area (Å²) in [5.74, 6) is -1.29. The van der Waals surface area contributed by atoms with E-state index in [1.165, 1.54) is 29.2 Å². The molecule has 0 aliphatic carbocycles. The number of hydrogen-bond acceptors (Lipinski definition) is 6. The minimum Gasteiger partial charge on any atom is -0.403 e. The Morgan fingerprint density at radius 1 is 1.30 bits per heavy atom. The Labute approximate surface area is 135 Å². The van der Waals surface area contributed by atoms with Gasteiger partial charge in [0, 0.05) is 35.1 Å². The first-order valence-corrected chi connectivity index (χ1v) is 9.12. The lowest BCUT2D eigenvalue weighted by atomic mass is 10.1. The van der Waals surface area contributed by atoms with Crippen molar-refractivity contribution in [1.29, 1.82) is 0 Å². The summed E-state index contributed by atoms with van der Waals surface area (Å²) in [6.07, 6.45) is 0.0419. The van der Waals surface area contributed by atoms with E-state index >= 15 is 0 Å². The molecule has 0 N–H and O–H groups in total. The molecule has 1 saturated heterocycles. The fourth-order valence-electron chi connectivity index (χ4n) is 2.39. The zero-order valence-corrected chi connectivity index (χ0v) is 13.2. The number of carbonyl (C=O) groups is 1. The molecule has 0 spiro atoms. The van der Waals surface area contributed by atoms with Crippen LogP contribution in [0.1, 0.15) is 6.42 Å². The molecule has 10 heteroatoms. The number of anilines is 1. The Bertz CT molecular complexity index is 837. The van der Waals surface area contributed by atoms with E-state index in [1.54, 1.807) is 0 Å². The minimum absolute atomic E-state index is 0.0243. The van der Waals surface area contributed by atoms with Crippen LogP contribution in [0.25, 0.3) is 11.5 Å². The average Bonchev–Trinajstić information content (AvgIpc) is 3.04. The summed E-state index contributed by atoms with van der Waals surface area (Å²) in [5.41, 5.74) is 0.511. The molecular weight excluding hydrogens is 349 g/mol. The van der Waals surface area contributed by atoms with Crippen LogP contribution >= 0.6 is 10.7 Å².